The Morgan fingerprint density at radius 1 is 1.22 bits per heavy atom. The quantitative estimate of drug-likeness (QED) is 0.254. The maximum absolute atomic E-state index is 12.7. The number of ketones is 1. The minimum absolute atomic E-state index is 0.0341. The Labute approximate surface area is 159 Å². The molecule has 0 bridgehead atoms. The molecule has 4 atom stereocenters. The highest BCUT2D eigenvalue weighted by Gasteiger charge is 2.43. The summed E-state index contributed by atoms with van der Waals surface area (Å²) in [5, 5.41) is 32.8. The van der Waals surface area contributed by atoms with Gasteiger partial charge in [-0.2, -0.15) is 0 Å². The third kappa shape index (κ3) is 4.77. The first-order valence-corrected chi connectivity index (χ1v) is 9.12. The Hall–Kier alpha value is -2.60. The van der Waals surface area contributed by atoms with Gasteiger partial charge in [-0.1, -0.05) is 38.1 Å². The summed E-state index contributed by atoms with van der Waals surface area (Å²) in [6.45, 7) is 5.76. The van der Waals surface area contributed by atoms with Crippen molar-refractivity contribution >= 4 is 11.7 Å². The van der Waals surface area contributed by atoms with Crippen molar-refractivity contribution in [3.05, 3.63) is 53.3 Å². The van der Waals surface area contributed by atoms with Crippen molar-refractivity contribution in [2.75, 3.05) is 0 Å². The van der Waals surface area contributed by atoms with E-state index in [1.165, 1.54) is 24.3 Å². The van der Waals surface area contributed by atoms with Crippen LogP contribution in [0.3, 0.4) is 0 Å². The van der Waals surface area contributed by atoms with Gasteiger partial charge < -0.3 is 20.6 Å². The van der Waals surface area contributed by atoms with E-state index in [4.69, 9.17) is 0 Å². The van der Waals surface area contributed by atoms with Crippen molar-refractivity contribution in [3.8, 4) is 5.75 Å². The zero-order chi connectivity index (χ0) is 20.1. The second-order valence-electron chi connectivity index (χ2n) is 7.16. The summed E-state index contributed by atoms with van der Waals surface area (Å²) < 4.78 is 0. The first kappa shape index (κ1) is 20.7. The highest BCUT2D eigenvalue weighted by molar-refractivity contribution is 6.27. The Morgan fingerprint density at radius 2 is 1.85 bits per heavy atom. The van der Waals surface area contributed by atoms with Gasteiger partial charge in [0.15, 0.2) is 5.78 Å². The van der Waals surface area contributed by atoms with Gasteiger partial charge >= 0.3 is 0 Å². The molecule has 6 heteroatoms. The van der Waals surface area contributed by atoms with E-state index in [0.717, 1.165) is 6.42 Å². The number of aromatic hydroxyl groups is 1. The van der Waals surface area contributed by atoms with Crippen LogP contribution in [0.1, 0.15) is 45.3 Å². The molecule has 0 aliphatic carbocycles. The Kier molecular flexibility index (Phi) is 6.80. The zero-order valence-electron chi connectivity index (χ0n) is 15.8. The third-order valence-electron chi connectivity index (χ3n) is 4.85. The molecule has 0 saturated carbocycles. The van der Waals surface area contributed by atoms with Crippen LogP contribution in [-0.4, -0.2) is 33.1 Å². The fraction of sp³-hybridized carbons (Fsp3) is 0.429. The number of benzene rings is 1. The van der Waals surface area contributed by atoms with Crippen LogP contribution in [0.25, 0.3) is 0 Å². The predicted molar refractivity (Wildman–Crippen MR) is 102 cm³/mol. The van der Waals surface area contributed by atoms with E-state index in [9.17, 15) is 24.9 Å². The molecule has 1 saturated heterocycles. The van der Waals surface area contributed by atoms with Crippen molar-refractivity contribution in [1.82, 2.24) is 5.32 Å². The van der Waals surface area contributed by atoms with Gasteiger partial charge in [-0.05, 0) is 43.4 Å². The highest BCUT2D eigenvalue weighted by Crippen LogP contribution is 2.29. The van der Waals surface area contributed by atoms with E-state index in [1.807, 2.05) is 26.0 Å². The van der Waals surface area contributed by atoms with Crippen LogP contribution in [0.5, 0.6) is 5.75 Å². The number of carbonyl (C=O) groups is 2. The Morgan fingerprint density at radius 3 is 2.44 bits per heavy atom. The summed E-state index contributed by atoms with van der Waals surface area (Å²) in [7, 11) is 0. The van der Waals surface area contributed by atoms with Gasteiger partial charge in [0, 0.05) is 5.92 Å². The summed E-state index contributed by atoms with van der Waals surface area (Å²) in [6.07, 6.45) is 4.22. The number of aliphatic hydroxyl groups is 2. The Bertz CT molecular complexity index is 750. The summed E-state index contributed by atoms with van der Waals surface area (Å²) in [5.74, 6) is -1.55. The molecule has 1 amide bonds. The fourth-order valence-electron chi connectivity index (χ4n) is 3.30. The van der Waals surface area contributed by atoms with E-state index >= 15 is 0 Å². The van der Waals surface area contributed by atoms with Crippen LogP contribution in [-0.2, 0) is 9.59 Å². The summed E-state index contributed by atoms with van der Waals surface area (Å²) in [6, 6.07) is 4.58. The predicted octanol–water partition coefficient (Wildman–Crippen LogP) is 2.93. The number of carbonyl (C=O) groups excluding carboxylic acids is 2. The number of allylic oxidation sites excluding steroid dienone is 3. The van der Waals surface area contributed by atoms with Crippen molar-refractivity contribution in [2.24, 2.45) is 11.8 Å². The molecule has 6 nitrogen and oxygen atoms in total. The number of rotatable bonds is 7. The number of amides is 1. The second-order valence-corrected chi connectivity index (χ2v) is 7.16. The lowest BCUT2D eigenvalue weighted by Gasteiger charge is -2.17. The molecule has 27 heavy (non-hydrogen) atoms. The largest absolute Gasteiger partial charge is 0.511 e. The standard InChI is InChI=1S/C21H27NO5/c1-4-5-6-12(2)11-13(3)18(24)16-20(26)17(22-21(16)27)19(25)14-7-9-15(23)10-8-14/h4-5,7-10,12-13,17,19,23-25H,6,11H2,1-3H3,(H,22,27)/t12-,13+,17-,19+/m1/s1. The lowest BCUT2D eigenvalue weighted by molar-refractivity contribution is -0.118. The van der Waals surface area contributed by atoms with Crippen molar-refractivity contribution in [2.45, 2.75) is 45.8 Å². The van der Waals surface area contributed by atoms with Crippen LogP contribution >= 0.6 is 0 Å². The average Bonchev–Trinajstić information content (AvgIpc) is 2.93. The van der Waals surface area contributed by atoms with Crippen LogP contribution < -0.4 is 5.32 Å². The minimum Gasteiger partial charge on any atom is -0.511 e. The maximum atomic E-state index is 12.7. The molecule has 1 aliphatic heterocycles. The van der Waals surface area contributed by atoms with Crippen molar-refractivity contribution in [3.63, 3.8) is 0 Å². The number of hydrogen-bond acceptors (Lipinski definition) is 5. The van der Waals surface area contributed by atoms with Gasteiger partial charge in [-0.25, -0.2) is 0 Å². The SMILES string of the molecule is CC=CC[C@@H](C)C[C@H](C)C(O)=C1C(=O)N[C@H]([C@@H](O)c2ccc(O)cc2)C1=O. The molecule has 1 aromatic carbocycles. The summed E-state index contributed by atoms with van der Waals surface area (Å²) in [4.78, 5) is 25.0. The molecule has 0 unspecified atom stereocenters. The molecular formula is C21H27NO5. The molecule has 1 aliphatic rings. The van der Waals surface area contributed by atoms with Gasteiger partial charge in [-0.3, -0.25) is 9.59 Å². The van der Waals surface area contributed by atoms with Crippen molar-refractivity contribution in [1.29, 1.82) is 0 Å². The molecule has 1 fully saturated rings. The molecule has 4 N–H and O–H groups in total. The number of Topliss-reactive ketones (excluding diaryl/α,β-unsaturated/α-hetero) is 1. The minimum atomic E-state index is -1.27. The summed E-state index contributed by atoms with van der Waals surface area (Å²) >= 11 is 0. The van der Waals surface area contributed by atoms with Crippen LogP contribution in [0.4, 0.5) is 0 Å². The topological polar surface area (TPSA) is 107 Å². The van der Waals surface area contributed by atoms with E-state index in [0.29, 0.717) is 12.0 Å². The lowest BCUT2D eigenvalue weighted by Crippen LogP contribution is -2.35. The molecule has 0 radical (unpaired) electrons. The van der Waals surface area contributed by atoms with Crippen molar-refractivity contribution < 1.29 is 24.9 Å². The lowest BCUT2D eigenvalue weighted by atomic mass is 9.90. The van der Waals surface area contributed by atoms with E-state index in [2.05, 4.69) is 5.32 Å². The van der Waals surface area contributed by atoms with E-state index in [-0.39, 0.29) is 28.9 Å². The fourth-order valence-corrected chi connectivity index (χ4v) is 3.30. The van der Waals surface area contributed by atoms with Crippen LogP contribution in [0.15, 0.2) is 47.7 Å². The van der Waals surface area contributed by atoms with Crippen LogP contribution in [0.2, 0.25) is 0 Å². The highest BCUT2D eigenvalue weighted by atomic mass is 16.3. The average molecular weight is 373 g/mol. The zero-order valence-corrected chi connectivity index (χ0v) is 15.8. The van der Waals surface area contributed by atoms with Gasteiger partial charge in [-0.15, -0.1) is 0 Å². The van der Waals surface area contributed by atoms with E-state index < -0.39 is 23.8 Å². The second kappa shape index (κ2) is 8.86. The monoisotopic (exact) mass is 373 g/mol. The molecular weight excluding hydrogens is 346 g/mol. The first-order valence-electron chi connectivity index (χ1n) is 9.12. The molecule has 146 valence electrons. The molecule has 0 spiro atoms. The van der Waals surface area contributed by atoms with Gasteiger partial charge in [0.2, 0.25) is 0 Å². The third-order valence-corrected chi connectivity index (χ3v) is 4.85. The molecule has 0 aromatic heterocycles. The van der Waals surface area contributed by atoms with Crippen LogP contribution in [0, 0.1) is 11.8 Å². The van der Waals surface area contributed by atoms with Gasteiger partial charge in [0.05, 0.1) is 0 Å². The molecule has 2 rings (SSSR count). The Balaban J connectivity index is 2.18. The first-order chi connectivity index (χ1) is 12.8. The number of nitrogens with one attached hydrogen (secondary N) is 1. The number of aliphatic hydroxyl groups excluding tert-OH is 2. The number of phenolic OH excluding ortho intramolecular Hbond substituents is 1. The molecule has 1 heterocycles. The number of phenols is 1. The molecule has 1 aromatic rings. The smallest absolute Gasteiger partial charge is 0.259 e. The van der Waals surface area contributed by atoms with Gasteiger partial charge in [0.25, 0.3) is 5.91 Å². The normalized spacial score (nSPS) is 22.6. The maximum Gasteiger partial charge on any atom is 0.259 e. The van der Waals surface area contributed by atoms with E-state index in [1.54, 1.807) is 6.92 Å². The summed E-state index contributed by atoms with van der Waals surface area (Å²) in [5.41, 5.74) is 0.115. The number of hydrogen-bond donors (Lipinski definition) is 4. The van der Waals surface area contributed by atoms with Gasteiger partial charge in [0.1, 0.15) is 29.2 Å².